The van der Waals surface area contributed by atoms with Crippen LogP contribution in [0.15, 0.2) is 41.3 Å². The second kappa shape index (κ2) is 9.24. The maximum absolute atomic E-state index is 12.9. The molecule has 1 aromatic carbocycles. The number of rotatable bonds is 4. The van der Waals surface area contributed by atoms with Crippen molar-refractivity contribution in [2.45, 2.75) is 38.6 Å². The van der Waals surface area contributed by atoms with Gasteiger partial charge in [-0.1, -0.05) is 12.8 Å². The highest BCUT2D eigenvalue weighted by atomic mass is 35.5. The molecular formula is C23H29ClN6O. The third-order valence-corrected chi connectivity index (χ3v) is 6.25. The highest BCUT2D eigenvalue weighted by Crippen LogP contribution is 2.31. The minimum Gasteiger partial charge on any atom is -0.369 e. The fourth-order valence-electron chi connectivity index (χ4n) is 4.63. The Morgan fingerprint density at radius 1 is 1.10 bits per heavy atom. The van der Waals surface area contributed by atoms with Gasteiger partial charge >= 0.3 is 0 Å². The van der Waals surface area contributed by atoms with E-state index in [1.54, 1.807) is 0 Å². The fraction of sp³-hybridized carbons (Fsp3) is 0.435. The number of aromatic nitrogens is 3. The number of aryl methyl sites for hydroxylation is 1. The van der Waals surface area contributed by atoms with E-state index in [2.05, 4.69) is 44.8 Å². The third-order valence-electron chi connectivity index (χ3n) is 6.25. The summed E-state index contributed by atoms with van der Waals surface area (Å²) in [7, 11) is 0. The van der Waals surface area contributed by atoms with Gasteiger partial charge in [-0.2, -0.15) is 4.98 Å². The standard InChI is InChI=1S/C23H28N6O.ClH/c1-16-14-17-15-25-23(27-21(17)29(22(16)30)20-4-2-3-5-20)26-18-6-8-19(9-7-18)28-12-10-24-11-13-28;/h6-9,14-15,20,24H,2-5,10-13H2,1H3,(H,25,26,27);1H. The van der Waals surface area contributed by atoms with Crippen LogP contribution >= 0.6 is 12.4 Å². The molecule has 7 nitrogen and oxygen atoms in total. The Hall–Kier alpha value is -2.64. The zero-order chi connectivity index (χ0) is 20.5. The Balaban J connectivity index is 0.00000231. The second-order valence-electron chi connectivity index (χ2n) is 8.32. The largest absolute Gasteiger partial charge is 0.369 e. The Morgan fingerprint density at radius 3 is 2.52 bits per heavy atom. The van der Waals surface area contributed by atoms with Gasteiger partial charge in [0, 0.05) is 60.7 Å². The minimum atomic E-state index is 0. The van der Waals surface area contributed by atoms with Gasteiger partial charge in [-0.3, -0.25) is 9.36 Å². The molecule has 8 heteroatoms. The smallest absolute Gasteiger partial charge is 0.255 e. The number of benzene rings is 1. The lowest BCUT2D eigenvalue weighted by atomic mass is 10.2. The van der Waals surface area contributed by atoms with Gasteiger partial charge in [-0.05, 0) is 50.1 Å². The molecule has 164 valence electrons. The van der Waals surface area contributed by atoms with Gasteiger partial charge in [0.15, 0.2) is 0 Å². The average molecular weight is 441 g/mol. The number of hydrogen-bond donors (Lipinski definition) is 2. The van der Waals surface area contributed by atoms with Crippen LogP contribution in [0.5, 0.6) is 0 Å². The number of pyridine rings is 1. The van der Waals surface area contributed by atoms with Crippen molar-refractivity contribution in [3.63, 3.8) is 0 Å². The van der Waals surface area contributed by atoms with Crippen molar-refractivity contribution in [2.75, 3.05) is 36.4 Å². The highest BCUT2D eigenvalue weighted by Gasteiger charge is 2.22. The van der Waals surface area contributed by atoms with Crippen molar-refractivity contribution in [3.05, 3.63) is 52.4 Å². The van der Waals surface area contributed by atoms with E-state index >= 15 is 0 Å². The normalized spacial score (nSPS) is 17.0. The summed E-state index contributed by atoms with van der Waals surface area (Å²) in [6, 6.07) is 10.5. The van der Waals surface area contributed by atoms with Crippen LogP contribution in [0.4, 0.5) is 17.3 Å². The monoisotopic (exact) mass is 440 g/mol. The lowest BCUT2D eigenvalue weighted by molar-refractivity contribution is 0.514. The van der Waals surface area contributed by atoms with Crippen LogP contribution in [0.3, 0.4) is 0 Å². The van der Waals surface area contributed by atoms with E-state index < -0.39 is 0 Å². The molecule has 1 saturated heterocycles. The van der Waals surface area contributed by atoms with Crippen molar-refractivity contribution in [1.29, 1.82) is 0 Å². The highest BCUT2D eigenvalue weighted by molar-refractivity contribution is 5.85. The summed E-state index contributed by atoms with van der Waals surface area (Å²) in [6.45, 7) is 5.97. The van der Waals surface area contributed by atoms with Crippen molar-refractivity contribution in [1.82, 2.24) is 19.9 Å². The van der Waals surface area contributed by atoms with E-state index in [4.69, 9.17) is 4.98 Å². The predicted molar refractivity (Wildman–Crippen MR) is 128 cm³/mol. The molecule has 1 saturated carbocycles. The molecule has 0 spiro atoms. The van der Waals surface area contributed by atoms with Crippen LogP contribution in [0.1, 0.15) is 37.3 Å². The SMILES string of the molecule is Cc1cc2cnc(Nc3ccc(N4CCNCC4)cc3)nc2n(C2CCCC2)c1=O.Cl. The summed E-state index contributed by atoms with van der Waals surface area (Å²) in [6.07, 6.45) is 6.24. The first-order chi connectivity index (χ1) is 14.7. The predicted octanol–water partition coefficient (Wildman–Crippen LogP) is 3.79. The Morgan fingerprint density at radius 2 is 1.81 bits per heavy atom. The average Bonchev–Trinajstić information content (AvgIpc) is 3.30. The van der Waals surface area contributed by atoms with Crippen LogP contribution in [-0.4, -0.2) is 40.7 Å². The molecule has 0 atom stereocenters. The van der Waals surface area contributed by atoms with E-state index in [1.165, 1.54) is 18.5 Å². The van der Waals surface area contributed by atoms with Gasteiger partial charge < -0.3 is 15.5 Å². The van der Waals surface area contributed by atoms with Crippen molar-refractivity contribution in [2.24, 2.45) is 0 Å². The molecule has 0 bridgehead atoms. The number of fused-ring (bicyclic) bond motifs is 1. The van der Waals surface area contributed by atoms with E-state index in [1.807, 2.05) is 23.8 Å². The van der Waals surface area contributed by atoms with Gasteiger partial charge in [0.1, 0.15) is 5.65 Å². The maximum atomic E-state index is 12.9. The molecule has 1 aliphatic carbocycles. The Labute approximate surface area is 188 Å². The Kier molecular flexibility index (Phi) is 6.43. The molecule has 2 N–H and O–H groups in total. The summed E-state index contributed by atoms with van der Waals surface area (Å²) >= 11 is 0. The van der Waals surface area contributed by atoms with Crippen LogP contribution in [0.25, 0.3) is 11.0 Å². The minimum absolute atomic E-state index is 0. The van der Waals surface area contributed by atoms with Gasteiger partial charge in [-0.15, -0.1) is 12.4 Å². The summed E-state index contributed by atoms with van der Waals surface area (Å²) in [5.41, 5.74) is 3.72. The number of nitrogens with zero attached hydrogens (tertiary/aromatic N) is 4. The van der Waals surface area contributed by atoms with Gasteiger partial charge in [0.25, 0.3) is 5.56 Å². The van der Waals surface area contributed by atoms with Gasteiger partial charge in [0.05, 0.1) is 0 Å². The van der Waals surface area contributed by atoms with Gasteiger partial charge in [0.2, 0.25) is 5.95 Å². The Bertz CT molecular complexity index is 1100. The van der Waals surface area contributed by atoms with Crippen LogP contribution in [0, 0.1) is 6.92 Å². The molecule has 2 fully saturated rings. The molecule has 2 aromatic heterocycles. The summed E-state index contributed by atoms with van der Waals surface area (Å²) in [5, 5.41) is 7.61. The molecule has 0 amide bonds. The van der Waals surface area contributed by atoms with E-state index in [0.717, 1.165) is 61.3 Å². The van der Waals surface area contributed by atoms with Crippen molar-refractivity contribution >= 4 is 40.8 Å². The zero-order valence-corrected chi connectivity index (χ0v) is 18.6. The van der Waals surface area contributed by atoms with E-state index in [9.17, 15) is 4.79 Å². The number of nitrogens with one attached hydrogen (secondary N) is 2. The topological polar surface area (TPSA) is 75.1 Å². The molecule has 3 heterocycles. The fourth-order valence-corrected chi connectivity index (χ4v) is 4.63. The van der Waals surface area contributed by atoms with Gasteiger partial charge in [-0.25, -0.2) is 4.98 Å². The molecular weight excluding hydrogens is 412 g/mol. The molecule has 31 heavy (non-hydrogen) atoms. The zero-order valence-electron chi connectivity index (χ0n) is 17.8. The number of hydrogen-bond acceptors (Lipinski definition) is 6. The van der Waals surface area contributed by atoms with E-state index in [0.29, 0.717) is 5.95 Å². The molecule has 0 unspecified atom stereocenters. The first kappa shape index (κ1) is 21.6. The molecule has 2 aliphatic rings. The van der Waals surface area contributed by atoms with E-state index in [-0.39, 0.29) is 24.0 Å². The summed E-state index contributed by atoms with van der Waals surface area (Å²) in [4.78, 5) is 24.5. The first-order valence-electron chi connectivity index (χ1n) is 10.9. The van der Waals surface area contributed by atoms with Crippen molar-refractivity contribution in [3.8, 4) is 0 Å². The van der Waals surface area contributed by atoms with Crippen LogP contribution < -0.4 is 21.1 Å². The molecule has 3 aromatic rings. The number of piperazine rings is 1. The van der Waals surface area contributed by atoms with Crippen molar-refractivity contribution < 1.29 is 0 Å². The number of halogens is 1. The molecule has 0 radical (unpaired) electrons. The lowest BCUT2D eigenvalue weighted by Crippen LogP contribution is -2.43. The summed E-state index contributed by atoms with van der Waals surface area (Å²) < 4.78 is 1.90. The second-order valence-corrected chi connectivity index (χ2v) is 8.32. The molecule has 1 aliphatic heterocycles. The van der Waals surface area contributed by atoms with Crippen LogP contribution in [-0.2, 0) is 0 Å². The van der Waals surface area contributed by atoms with Crippen LogP contribution in [0.2, 0.25) is 0 Å². The number of anilines is 3. The third kappa shape index (κ3) is 4.38. The summed E-state index contributed by atoms with van der Waals surface area (Å²) in [5.74, 6) is 0.521. The quantitative estimate of drug-likeness (QED) is 0.642. The first-order valence-corrected chi connectivity index (χ1v) is 10.9. The lowest BCUT2D eigenvalue weighted by Gasteiger charge is -2.29. The maximum Gasteiger partial charge on any atom is 0.255 e. The molecule has 5 rings (SSSR count).